The van der Waals surface area contributed by atoms with Gasteiger partial charge in [-0.05, 0) is 48.6 Å². The van der Waals surface area contributed by atoms with E-state index >= 15 is 0 Å². The lowest BCUT2D eigenvalue weighted by Crippen LogP contribution is -2.19. The third-order valence-corrected chi connectivity index (χ3v) is 6.00. The van der Waals surface area contributed by atoms with Crippen molar-refractivity contribution in [2.75, 3.05) is 5.32 Å². The van der Waals surface area contributed by atoms with Crippen LogP contribution in [-0.4, -0.2) is 10.5 Å². The first-order valence-corrected chi connectivity index (χ1v) is 10.9. The number of rotatable bonds is 5. The van der Waals surface area contributed by atoms with E-state index in [1.54, 1.807) is 12.1 Å². The number of hydrogen-bond donors (Lipinski definition) is 1. The van der Waals surface area contributed by atoms with Crippen LogP contribution in [-0.2, 0) is 0 Å². The van der Waals surface area contributed by atoms with E-state index in [4.69, 9.17) is 0 Å². The molecule has 2 aromatic carbocycles. The van der Waals surface area contributed by atoms with Gasteiger partial charge < -0.3 is 9.88 Å². The maximum Gasteiger partial charge on any atom is 0.258 e. The third-order valence-electron chi connectivity index (χ3n) is 6.00. The van der Waals surface area contributed by atoms with Crippen molar-refractivity contribution < 1.29 is 9.18 Å². The zero-order valence-electron chi connectivity index (χ0n) is 17.7. The number of nitrogens with zero attached hydrogens (tertiary/aromatic N) is 1. The van der Waals surface area contributed by atoms with Crippen LogP contribution in [0.1, 0.15) is 74.0 Å². The molecule has 30 heavy (non-hydrogen) atoms. The number of anilines is 1. The SMILES string of the molecule is CC(C)c1c(C(=O)Nc2ccccc2)c(-c2ccc(F)cc2)cn1C1CCCCC1. The van der Waals surface area contributed by atoms with Gasteiger partial charge in [0.1, 0.15) is 5.82 Å². The highest BCUT2D eigenvalue weighted by Gasteiger charge is 2.28. The van der Waals surface area contributed by atoms with Gasteiger partial charge in [0.05, 0.1) is 5.56 Å². The Balaban J connectivity index is 1.84. The lowest BCUT2D eigenvalue weighted by Gasteiger charge is -2.27. The molecule has 0 aliphatic heterocycles. The summed E-state index contributed by atoms with van der Waals surface area (Å²) in [7, 11) is 0. The van der Waals surface area contributed by atoms with Crippen LogP contribution in [0.15, 0.2) is 60.8 Å². The molecule has 4 heteroatoms. The molecule has 1 aliphatic rings. The number of para-hydroxylation sites is 1. The number of hydrogen-bond acceptors (Lipinski definition) is 1. The fourth-order valence-electron chi connectivity index (χ4n) is 4.59. The van der Waals surface area contributed by atoms with Crippen LogP contribution in [0.25, 0.3) is 11.1 Å². The van der Waals surface area contributed by atoms with Crippen molar-refractivity contribution in [1.82, 2.24) is 4.57 Å². The lowest BCUT2D eigenvalue weighted by molar-refractivity contribution is 0.102. The smallest absolute Gasteiger partial charge is 0.258 e. The zero-order chi connectivity index (χ0) is 21.1. The van der Waals surface area contributed by atoms with Gasteiger partial charge in [-0.15, -0.1) is 0 Å². The van der Waals surface area contributed by atoms with Crippen LogP contribution in [0.5, 0.6) is 0 Å². The fraction of sp³-hybridized carbons (Fsp3) is 0.346. The Kier molecular flexibility index (Phi) is 6.03. The fourth-order valence-corrected chi connectivity index (χ4v) is 4.59. The van der Waals surface area contributed by atoms with Gasteiger partial charge in [-0.3, -0.25) is 4.79 Å². The van der Waals surface area contributed by atoms with Crippen molar-refractivity contribution in [2.45, 2.75) is 57.9 Å². The number of halogens is 1. The number of carbonyl (C=O) groups is 1. The average molecular weight is 405 g/mol. The van der Waals surface area contributed by atoms with Gasteiger partial charge in [-0.1, -0.05) is 63.4 Å². The van der Waals surface area contributed by atoms with Crippen molar-refractivity contribution in [2.24, 2.45) is 0 Å². The van der Waals surface area contributed by atoms with Crippen LogP contribution in [0.4, 0.5) is 10.1 Å². The number of benzene rings is 2. The molecule has 0 saturated heterocycles. The second kappa shape index (κ2) is 8.86. The van der Waals surface area contributed by atoms with Crippen LogP contribution >= 0.6 is 0 Å². The number of nitrogens with one attached hydrogen (secondary N) is 1. The van der Waals surface area contributed by atoms with Crippen LogP contribution in [0.2, 0.25) is 0 Å². The molecule has 1 saturated carbocycles. The molecular weight excluding hydrogens is 375 g/mol. The van der Waals surface area contributed by atoms with Crippen molar-refractivity contribution in [3.63, 3.8) is 0 Å². The van der Waals surface area contributed by atoms with Crippen LogP contribution < -0.4 is 5.32 Å². The minimum Gasteiger partial charge on any atom is -0.347 e. The first-order valence-electron chi connectivity index (χ1n) is 10.9. The quantitative estimate of drug-likeness (QED) is 0.480. The van der Waals surface area contributed by atoms with E-state index in [1.807, 2.05) is 30.3 Å². The second-order valence-corrected chi connectivity index (χ2v) is 8.48. The molecule has 3 aromatic rings. The molecule has 0 atom stereocenters. The van der Waals surface area contributed by atoms with E-state index < -0.39 is 0 Å². The molecule has 0 unspecified atom stereocenters. The summed E-state index contributed by atoms with van der Waals surface area (Å²) in [6, 6.07) is 16.4. The maximum atomic E-state index is 13.6. The summed E-state index contributed by atoms with van der Waals surface area (Å²) >= 11 is 0. The summed E-state index contributed by atoms with van der Waals surface area (Å²) in [5.74, 6) is -0.193. The summed E-state index contributed by atoms with van der Waals surface area (Å²) in [6.07, 6.45) is 8.11. The van der Waals surface area contributed by atoms with Gasteiger partial charge in [0.25, 0.3) is 5.91 Å². The Labute approximate surface area is 177 Å². The molecule has 0 bridgehead atoms. The predicted molar refractivity (Wildman–Crippen MR) is 120 cm³/mol. The standard InChI is InChI=1S/C26H29FN2O/c1-18(2)25-24(26(30)28-21-9-5-3-6-10-21)23(19-13-15-20(27)16-14-19)17-29(25)22-11-7-4-8-12-22/h3,5-6,9-10,13-18,22H,4,7-8,11-12H2,1-2H3,(H,28,30). The summed E-state index contributed by atoms with van der Waals surface area (Å²) in [5, 5.41) is 3.06. The molecule has 3 nitrogen and oxygen atoms in total. The summed E-state index contributed by atoms with van der Waals surface area (Å²) in [5.41, 5.74) is 4.28. The normalized spacial score (nSPS) is 14.8. The highest BCUT2D eigenvalue weighted by molar-refractivity contribution is 6.10. The Morgan fingerprint density at radius 3 is 2.30 bits per heavy atom. The van der Waals surface area contributed by atoms with E-state index in [0.717, 1.165) is 35.3 Å². The summed E-state index contributed by atoms with van der Waals surface area (Å²) in [6.45, 7) is 4.28. The first-order chi connectivity index (χ1) is 14.5. The van der Waals surface area contributed by atoms with Crippen molar-refractivity contribution in [3.8, 4) is 11.1 Å². The Morgan fingerprint density at radius 2 is 1.67 bits per heavy atom. The van der Waals surface area contributed by atoms with Gasteiger partial charge in [0.15, 0.2) is 0 Å². The minimum atomic E-state index is -0.273. The van der Waals surface area contributed by atoms with Gasteiger partial charge in [-0.2, -0.15) is 0 Å². The molecule has 1 heterocycles. The van der Waals surface area contributed by atoms with Crippen LogP contribution in [0.3, 0.4) is 0 Å². The second-order valence-electron chi connectivity index (χ2n) is 8.48. The molecule has 1 fully saturated rings. The molecule has 1 N–H and O–H groups in total. The minimum absolute atomic E-state index is 0.112. The molecule has 0 radical (unpaired) electrons. The molecule has 1 aromatic heterocycles. The largest absolute Gasteiger partial charge is 0.347 e. The van der Waals surface area contributed by atoms with Gasteiger partial charge in [-0.25, -0.2) is 4.39 Å². The molecule has 1 aliphatic carbocycles. The molecule has 156 valence electrons. The van der Waals surface area contributed by atoms with E-state index in [0.29, 0.717) is 11.6 Å². The van der Waals surface area contributed by atoms with Gasteiger partial charge in [0.2, 0.25) is 0 Å². The monoisotopic (exact) mass is 404 g/mol. The van der Waals surface area contributed by atoms with E-state index in [-0.39, 0.29) is 17.6 Å². The lowest BCUT2D eigenvalue weighted by atomic mass is 9.94. The number of aromatic nitrogens is 1. The maximum absolute atomic E-state index is 13.6. The molecule has 0 spiro atoms. The molecular formula is C26H29FN2O. The molecule has 1 amide bonds. The Bertz CT molecular complexity index is 1000. The van der Waals surface area contributed by atoms with E-state index in [2.05, 4.69) is 29.9 Å². The Morgan fingerprint density at radius 1 is 1.00 bits per heavy atom. The third kappa shape index (κ3) is 4.18. The first kappa shape index (κ1) is 20.4. The van der Waals surface area contributed by atoms with Gasteiger partial charge >= 0.3 is 0 Å². The van der Waals surface area contributed by atoms with Crippen molar-refractivity contribution >= 4 is 11.6 Å². The highest BCUT2D eigenvalue weighted by atomic mass is 19.1. The number of amides is 1. The highest BCUT2D eigenvalue weighted by Crippen LogP contribution is 2.39. The van der Waals surface area contributed by atoms with Gasteiger partial charge in [0, 0.05) is 29.2 Å². The van der Waals surface area contributed by atoms with Crippen molar-refractivity contribution in [1.29, 1.82) is 0 Å². The average Bonchev–Trinajstić information content (AvgIpc) is 3.17. The topological polar surface area (TPSA) is 34.0 Å². The van der Waals surface area contributed by atoms with Crippen molar-refractivity contribution in [3.05, 3.63) is 77.9 Å². The molecule has 4 rings (SSSR count). The van der Waals surface area contributed by atoms with Crippen LogP contribution in [0, 0.1) is 5.82 Å². The summed E-state index contributed by atoms with van der Waals surface area (Å²) < 4.78 is 15.9. The van der Waals surface area contributed by atoms with E-state index in [1.165, 1.54) is 31.4 Å². The Hall–Kier alpha value is -2.88. The predicted octanol–water partition coefficient (Wildman–Crippen LogP) is 7.18. The van der Waals surface area contributed by atoms with E-state index in [9.17, 15) is 9.18 Å². The zero-order valence-corrected chi connectivity index (χ0v) is 17.7. The number of carbonyl (C=O) groups excluding carboxylic acids is 1. The summed E-state index contributed by atoms with van der Waals surface area (Å²) in [4.78, 5) is 13.5.